The molecule has 2 aromatic rings. The van der Waals surface area contributed by atoms with E-state index in [1.807, 2.05) is 0 Å². The van der Waals surface area contributed by atoms with Crippen molar-refractivity contribution in [3.8, 4) is 17.3 Å². The fourth-order valence-corrected chi connectivity index (χ4v) is 2.80. The molecule has 0 amide bonds. The maximum absolute atomic E-state index is 12.9. The first-order valence-corrected chi connectivity index (χ1v) is 6.74. The molecule has 4 nitrogen and oxygen atoms in total. The van der Waals surface area contributed by atoms with Gasteiger partial charge in [0, 0.05) is 5.56 Å². The number of hydrogen-bond acceptors (Lipinski definition) is 3. The molecule has 1 aromatic carbocycles. The van der Waals surface area contributed by atoms with Crippen LogP contribution in [0.3, 0.4) is 0 Å². The number of nitrogens with one attached hydrogen (secondary N) is 1. The fourth-order valence-electron chi connectivity index (χ4n) is 2.80. The molecule has 1 fully saturated rings. The van der Waals surface area contributed by atoms with Gasteiger partial charge in [0.1, 0.15) is 11.6 Å². The van der Waals surface area contributed by atoms with Gasteiger partial charge < -0.3 is 10.1 Å². The second kappa shape index (κ2) is 5.07. The predicted molar refractivity (Wildman–Crippen MR) is 73.1 cm³/mol. The van der Waals surface area contributed by atoms with Gasteiger partial charge in [0.15, 0.2) is 0 Å². The van der Waals surface area contributed by atoms with Crippen LogP contribution in [0, 0.1) is 5.82 Å². The summed E-state index contributed by atoms with van der Waals surface area (Å²) in [5.41, 5.74) is 0.647. The first-order chi connectivity index (χ1) is 9.65. The number of rotatable bonds is 2. The first-order valence-electron chi connectivity index (χ1n) is 6.74. The molecule has 0 aliphatic heterocycles. The van der Waals surface area contributed by atoms with E-state index >= 15 is 0 Å². The molecule has 0 bridgehead atoms. The summed E-state index contributed by atoms with van der Waals surface area (Å²) in [6.45, 7) is 0. The van der Waals surface area contributed by atoms with E-state index in [2.05, 4.69) is 9.97 Å². The molecule has 104 valence electrons. The largest absolute Gasteiger partial charge is 0.493 e. The predicted octanol–water partition coefficient (Wildman–Crippen LogP) is 2.94. The average Bonchev–Trinajstić information content (AvgIpc) is 2.92. The minimum atomic E-state index is -0.358. The topological polar surface area (TPSA) is 66.0 Å². The van der Waals surface area contributed by atoms with E-state index < -0.39 is 0 Å². The van der Waals surface area contributed by atoms with E-state index in [-0.39, 0.29) is 29.0 Å². The molecule has 0 atom stereocenters. The number of aromatic amines is 1. The number of aromatic hydroxyl groups is 1. The van der Waals surface area contributed by atoms with Crippen molar-refractivity contribution >= 4 is 0 Å². The molecule has 5 heteroatoms. The molecule has 2 N–H and O–H groups in total. The highest BCUT2D eigenvalue weighted by Crippen LogP contribution is 2.35. The van der Waals surface area contributed by atoms with Crippen molar-refractivity contribution in [1.82, 2.24) is 9.97 Å². The molecule has 0 saturated heterocycles. The van der Waals surface area contributed by atoms with Crippen LogP contribution in [0.2, 0.25) is 0 Å². The zero-order chi connectivity index (χ0) is 14.1. The van der Waals surface area contributed by atoms with Gasteiger partial charge >= 0.3 is 0 Å². The number of nitrogens with zero attached hydrogens (tertiary/aromatic N) is 1. The smallest absolute Gasteiger partial charge is 0.258 e. The summed E-state index contributed by atoms with van der Waals surface area (Å²) in [7, 11) is 0. The molecule has 20 heavy (non-hydrogen) atoms. The van der Waals surface area contributed by atoms with E-state index in [4.69, 9.17) is 0 Å². The van der Waals surface area contributed by atoms with Gasteiger partial charge in [-0.1, -0.05) is 12.8 Å². The maximum Gasteiger partial charge on any atom is 0.258 e. The Morgan fingerprint density at radius 3 is 2.45 bits per heavy atom. The minimum Gasteiger partial charge on any atom is -0.493 e. The molecule has 0 unspecified atom stereocenters. The Kier molecular flexibility index (Phi) is 3.26. The molecule has 0 spiro atoms. The standard InChI is InChI=1S/C15H15FN2O2/c16-11-7-5-10(6-8-11)13-17-14(19)12(15(20)18-13)9-3-1-2-4-9/h5-9H,1-4H2,(H2,17,18,19,20). The van der Waals surface area contributed by atoms with E-state index in [9.17, 15) is 14.3 Å². The summed E-state index contributed by atoms with van der Waals surface area (Å²) in [4.78, 5) is 18.9. The summed E-state index contributed by atoms with van der Waals surface area (Å²) < 4.78 is 12.9. The summed E-state index contributed by atoms with van der Waals surface area (Å²) in [6.07, 6.45) is 3.97. The molecule has 1 heterocycles. The molecule has 1 aromatic heterocycles. The van der Waals surface area contributed by atoms with Crippen LogP contribution in [0.15, 0.2) is 29.1 Å². The summed E-state index contributed by atoms with van der Waals surface area (Å²) in [5, 5.41) is 10.0. The van der Waals surface area contributed by atoms with E-state index in [1.165, 1.54) is 24.3 Å². The third-order valence-electron chi connectivity index (χ3n) is 3.82. The van der Waals surface area contributed by atoms with Crippen molar-refractivity contribution in [3.05, 3.63) is 46.0 Å². The van der Waals surface area contributed by atoms with Crippen LogP contribution in [0.1, 0.15) is 37.2 Å². The third-order valence-corrected chi connectivity index (χ3v) is 3.82. The Hall–Kier alpha value is -2.17. The number of hydrogen-bond donors (Lipinski definition) is 2. The monoisotopic (exact) mass is 274 g/mol. The quantitative estimate of drug-likeness (QED) is 0.884. The highest BCUT2D eigenvalue weighted by Gasteiger charge is 2.24. The van der Waals surface area contributed by atoms with Crippen molar-refractivity contribution < 1.29 is 9.50 Å². The van der Waals surface area contributed by atoms with Crippen molar-refractivity contribution in [1.29, 1.82) is 0 Å². The van der Waals surface area contributed by atoms with Crippen LogP contribution < -0.4 is 5.56 Å². The average molecular weight is 274 g/mol. The lowest BCUT2D eigenvalue weighted by Gasteiger charge is -2.11. The van der Waals surface area contributed by atoms with Gasteiger partial charge in [0.25, 0.3) is 5.56 Å². The number of halogens is 1. The Bertz CT molecular complexity index is 673. The second-order valence-corrected chi connectivity index (χ2v) is 5.14. The SMILES string of the molecule is O=c1[nH]c(-c2ccc(F)cc2)nc(O)c1C1CCCC1. The van der Waals surface area contributed by atoms with Gasteiger partial charge in [-0.25, -0.2) is 4.39 Å². The van der Waals surface area contributed by atoms with Gasteiger partial charge in [-0.3, -0.25) is 4.79 Å². The van der Waals surface area contributed by atoms with Crippen molar-refractivity contribution in [3.63, 3.8) is 0 Å². The Morgan fingerprint density at radius 1 is 1.20 bits per heavy atom. The lowest BCUT2D eigenvalue weighted by Crippen LogP contribution is -2.17. The molecular formula is C15H15FN2O2. The van der Waals surface area contributed by atoms with Gasteiger partial charge in [-0.2, -0.15) is 4.98 Å². The van der Waals surface area contributed by atoms with Crippen LogP contribution in [0.25, 0.3) is 11.4 Å². The molecule has 1 aliphatic carbocycles. The summed E-state index contributed by atoms with van der Waals surface area (Å²) in [5.74, 6) is -0.217. The Labute approximate surface area is 115 Å². The zero-order valence-corrected chi connectivity index (χ0v) is 10.9. The number of aromatic nitrogens is 2. The summed E-state index contributed by atoms with van der Waals surface area (Å²) in [6, 6.07) is 5.61. The summed E-state index contributed by atoms with van der Waals surface area (Å²) >= 11 is 0. The van der Waals surface area contributed by atoms with Crippen LogP contribution in [-0.2, 0) is 0 Å². The van der Waals surface area contributed by atoms with Crippen molar-refractivity contribution in [2.24, 2.45) is 0 Å². The normalized spacial score (nSPS) is 15.7. The maximum atomic E-state index is 12.9. The molecular weight excluding hydrogens is 259 g/mol. The highest BCUT2D eigenvalue weighted by atomic mass is 19.1. The molecule has 1 saturated carbocycles. The highest BCUT2D eigenvalue weighted by molar-refractivity contribution is 5.55. The van der Waals surface area contributed by atoms with Crippen molar-refractivity contribution in [2.45, 2.75) is 31.6 Å². The minimum absolute atomic E-state index is 0.0912. The van der Waals surface area contributed by atoms with E-state index in [0.29, 0.717) is 11.1 Å². The molecule has 1 aliphatic rings. The van der Waals surface area contributed by atoms with Crippen LogP contribution in [0.5, 0.6) is 5.88 Å². The fraction of sp³-hybridized carbons (Fsp3) is 0.333. The Morgan fingerprint density at radius 2 is 1.85 bits per heavy atom. The van der Waals surface area contributed by atoms with Crippen LogP contribution in [-0.4, -0.2) is 15.1 Å². The Balaban J connectivity index is 2.03. The van der Waals surface area contributed by atoms with Crippen LogP contribution >= 0.6 is 0 Å². The van der Waals surface area contributed by atoms with E-state index in [0.717, 1.165) is 25.7 Å². The van der Waals surface area contributed by atoms with Crippen LogP contribution in [0.4, 0.5) is 4.39 Å². The lowest BCUT2D eigenvalue weighted by atomic mass is 10.00. The second-order valence-electron chi connectivity index (χ2n) is 5.14. The van der Waals surface area contributed by atoms with Gasteiger partial charge in [0.2, 0.25) is 5.88 Å². The van der Waals surface area contributed by atoms with E-state index in [1.54, 1.807) is 0 Å². The van der Waals surface area contributed by atoms with Gasteiger partial charge in [-0.15, -0.1) is 0 Å². The third kappa shape index (κ3) is 2.31. The van der Waals surface area contributed by atoms with Gasteiger partial charge in [-0.05, 0) is 43.0 Å². The number of H-pyrrole nitrogens is 1. The first kappa shape index (κ1) is 12.8. The molecule has 0 radical (unpaired) electrons. The molecule has 3 rings (SSSR count). The number of benzene rings is 1. The lowest BCUT2D eigenvalue weighted by molar-refractivity contribution is 0.436. The van der Waals surface area contributed by atoms with Crippen molar-refractivity contribution in [2.75, 3.05) is 0 Å². The zero-order valence-electron chi connectivity index (χ0n) is 10.9. The van der Waals surface area contributed by atoms with Gasteiger partial charge in [0.05, 0.1) is 5.56 Å².